The SMILES string of the molecule is C=C/C=c1/c(-c2c(C)c(C)cc(=C)/c2=C\C=C/C)c(C)c(C)c/c1=C/C. The van der Waals surface area contributed by atoms with Crippen molar-refractivity contribution in [1.82, 2.24) is 0 Å². The van der Waals surface area contributed by atoms with Gasteiger partial charge in [0.2, 0.25) is 0 Å². The lowest BCUT2D eigenvalue weighted by molar-refractivity contribution is 1.25. The van der Waals surface area contributed by atoms with Crippen molar-refractivity contribution in [3.8, 4) is 11.1 Å². The molecule has 0 aliphatic carbocycles. The molecule has 0 spiro atoms. The molecule has 0 nitrogen and oxygen atoms in total. The third-order valence-electron chi connectivity index (χ3n) is 5.19. The minimum atomic E-state index is 1.06. The van der Waals surface area contributed by atoms with Crippen LogP contribution in [0.5, 0.6) is 0 Å². The second-order valence-electron chi connectivity index (χ2n) is 6.85. The molecule has 0 saturated heterocycles. The first-order chi connectivity index (χ1) is 12.4. The molecule has 0 saturated carbocycles. The van der Waals surface area contributed by atoms with E-state index in [2.05, 4.69) is 90.3 Å². The van der Waals surface area contributed by atoms with E-state index in [1.165, 1.54) is 49.0 Å². The summed E-state index contributed by atoms with van der Waals surface area (Å²) in [5, 5.41) is 4.73. The van der Waals surface area contributed by atoms with Crippen LogP contribution in [0.3, 0.4) is 0 Å². The van der Waals surface area contributed by atoms with E-state index in [-0.39, 0.29) is 0 Å². The first-order valence-electron chi connectivity index (χ1n) is 9.19. The van der Waals surface area contributed by atoms with Crippen LogP contribution in [0.15, 0.2) is 36.9 Å². The lowest BCUT2D eigenvalue weighted by Gasteiger charge is -2.17. The van der Waals surface area contributed by atoms with E-state index in [0.717, 1.165) is 5.22 Å². The highest BCUT2D eigenvalue weighted by Crippen LogP contribution is 2.23. The minimum absolute atomic E-state index is 1.06. The van der Waals surface area contributed by atoms with Crippen LogP contribution in [0.1, 0.15) is 36.1 Å². The van der Waals surface area contributed by atoms with Crippen molar-refractivity contribution < 1.29 is 0 Å². The average Bonchev–Trinajstić information content (AvgIpc) is 2.61. The Morgan fingerprint density at radius 3 is 1.92 bits per heavy atom. The zero-order valence-electron chi connectivity index (χ0n) is 17.0. The molecule has 0 heteroatoms. The number of benzene rings is 2. The lowest BCUT2D eigenvalue weighted by Crippen LogP contribution is -2.34. The summed E-state index contributed by atoms with van der Waals surface area (Å²) in [5.74, 6) is 0. The standard InChI is InChI=1S/C26H30/c1-9-12-14-23-19(6)15-17(4)20(7)25(23)26-21(8)18(5)16-22(11-3)24(26)13-10-2/h9-16H,2,6H2,1,3-5,7-8H3/b12-9-,22-11-,23-14+,24-13+. The summed E-state index contributed by atoms with van der Waals surface area (Å²) < 4.78 is 0. The van der Waals surface area contributed by atoms with E-state index in [1.807, 2.05) is 13.0 Å². The van der Waals surface area contributed by atoms with E-state index >= 15 is 0 Å². The maximum absolute atomic E-state index is 4.33. The van der Waals surface area contributed by atoms with Gasteiger partial charge in [-0.3, -0.25) is 0 Å². The second-order valence-corrected chi connectivity index (χ2v) is 6.85. The van der Waals surface area contributed by atoms with Crippen LogP contribution < -0.4 is 20.9 Å². The maximum Gasteiger partial charge on any atom is -0.00646 e. The van der Waals surface area contributed by atoms with Gasteiger partial charge in [-0.1, -0.05) is 61.7 Å². The van der Waals surface area contributed by atoms with Crippen LogP contribution in [0.4, 0.5) is 0 Å². The van der Waals surface area contributed by atoms with Crippen LogP contribution in [-0.2, 0) is 0 Å². The second kappa shape index (κ2) is 8.19. The Morgan fingerprint density at radius 2 is 1.38 bits per heavy atom. The monoisotopic (exact) mass is 342 g/mol. The molecule has 0 aliphatic rings. The summed E-state index contributed by atoms with van der Waals surface area (Å²) >= 11 is 0. The number of hydrogen-bond acceptors (Lipinski definition) is 0. The highest BCUT2D eigenvalue weighted by molar-refractivity contribution is 5.77. The van der Waals surface area contributed by atoms with E-state index < -0.39 is 0 Å². The molecule has 134 valence electrons. The molecule has 0 aliphatic heterocycles. The van der Waals surface area contributed by atoms with Crippen molar-refractivity contribution in [2.45, 2.75) is 41.5 Å². The number of aryl methyl sites for hydroxylation is 2. The summed E-state index contributed by atoms with van der Waals surface area (Å²) in [4.78, 5) is 0. The highest BCUT2D eigenvalue weighted by Gasteiger charge is 2.13. The molecular formula is C26H30. The van der Waals surface area contributed by atoms with Crippen LogP contribution in [-0.4, -0.2) is 0 Å². The largest absolute Gasteiger partial charge is 0.0990 e. The van der Waals surface area contributed by atoms with Gasteiger partial charge in [0.05, 0.1) is 0 Å². The molecule has 0 amide bonds. The molecule has 0 atom stereocenters. The summed E-state index contributed by atoms with van der Waals surface area (Å²) in [6.07, 6.45) is 12.5. The fourth-order valence-corrected chi connectivity index (χ4v) is 3.53. The van der Waals surface area contributed by atoms with Crippen LogP contribution in [0, 0.1) is 27.7 Å². The van der Waals surface area contributed by atoms with E-state index in [0.29, 0.717) is 0 Å². The lowest BCUT2D eigenvalue weighted by atomic mass is 9.87. The van der Waals surface area contributed by atoms with Crippen molar-refractivity contribution in [2.75, 3.05) is 0 Å². The number of rotatable bonds is 3. The Hall–Kier alpha value is -2.60. The molecule has 26 heavy (non-hydrogen) atoms. The molecule has 0 aromatic heterocycles. The van der Waals surface area contributed by atoms with Gasteiger partial charge in [0.1, 0.15) is 0 Å². The fraction of sp³-hybridized carbons (Fsp3) is 0.231. The van der Waals surface area contributed by atoms with Crippen molar-refractivity contribution in [3.05, 3.63) is 80.1 Å². The Balaban J connectivity index is 3.28. The third kappa shape index (κ3) is 3.51. The van der Waals surface area contributed by atoms with Gasteiger partial charge in [-0.2, -0.15) is 0 Å². The zero-order valence-corrected chi connectivity index (χ0v) is 17.0. The van der Waals surface area contributed by atoms with Gasteiger partial charge in [-0.05, 0) is 95.8 Å². The number of hydrogen-bond donors (Lipinski definition) is 0. The zero-order chi connectivity index (χ0) is 19.4. The van der Waals surface area contributed by atoms with Crippen molar-refractivity contribution >= 4 is 24.8 Å². The molecule has 2 rings (SSSR count). The summed E-state index contributed by atoms with van der Waals surface area (Å²) in [7, 11) is 0. The molecule has 0 fully saturated rings. The van der Waals surface area contributed by atoms with Gasteiger partial charge < -0.3 is 0 Å². The Kier molecular flexibility index (Phi) is 6.21. The maximum atomic E-state index is 4.33. The molecule has 0 bridgehead atoms. The Labute approximate surface area is 157 Å². The van der Waals surface area contributed by atoms with Crippen LogP contribution >= 0.6 is 0 Å². The summed E-state index contributed by atoms with van der Waals surface area (Å²) in [5.41, 5.74) is 7.77. The van der Waals surface area contributed by atoms with Crippen molar-refractivity contribution in [1.29, 1.82) is 0 Å². The van der Waals surface area contributed by atoms with Gasteiger partial charge in [-0.15, -0.1) is 0 Å². The molecule has 2 aromatic rings. The first kappa shape index (κ1) is 19.7. The molecule has 0 heterocycles. The predicted molar refractivity (Wildman–Crippen MR) is 119 cm³/mol. The third-order valence-corrected chi connectivity index (χ3v) is 5.19. The molecule has 2 aromatic carbocycles. The van der Waals surface area contributed by atoms with Gasteiger partial charge in [0.15, 0.2) is 0 Å². The van der Waals surface area contributed by atoms with Gasteiger partial charge in [0.25, 0.3) is 0 Å². The first-order valence-corrected chi connectivity index (χ1v) is 9.19. The average molecular weight is 343 g/mol. The molecular weight excluding hydrogens is 312 g/mol. The molecule has 0 radical (unpaired) electrons. The van der Waals surface area contributed by atoms with Crippen LogP contribution in [0.2, 0.25) is 0 Å². The predicted octanol–water partition coefficient (Wildman–Crippen LogP) is 4.12. The van der Waals surface area contributed by atoms with Crippen molar-refractivity contribution in [2.24, 2.45) is 0 Å². The summed E-state index contributed by atoms with van der Waals surface area (Å²) in [6, 6.07) is 4.45. The molecule has 0 N–H and O–H groups in total. The normalized spacial score (nSPS) is 13.8. The van der Waals surface area contributed by atoms with Crippen molar-refractivity contribution in [3.63, 3.8) is 0 Å². The quantitative estimate of drug-likeness (QED) is 0.787. The molecule has 0 unspecified atom stereocenters. The topological polar surface area (TPSA) is 0 Å². The van der Waals surface area contributed by atoms with Gasteiger partial charge in [-0.25, -0.2) is 0 Å². The Morgan fingerprint density at radius 1 is 0.808 bits per heavy atom. The summed E-state index contributed by atoms with van der Waals surface area (Å²) in [6.45, 7) is 21.2. The van der Waals surface area contributed by atoms with E-state index in [9.17, 15) is 0 Å². The highest BCUT2D eigenvalue weighted by atomic mass is 14.2. The minimum Gasteiger partial charge on any atom is -0.0990 e. The van der Waals surface area contributed by atoms with E-state index in [4.69, 9.17) is 0 Å². The number of allylic oxidation sites excluding steroid dienone is 3. The smallest absolute Gasteiger partial charge is 0.00646 e. The van der Waals surface area contributed by atoms with Crippen LogP contribution in [0.25, 0.3) is 35.9 Å². The van der Waals surface area contributed by atoms with Gasteiger partial charge >= 0.3 is 0 Å². The fourth-order valence-electron chi connectivity index (χ4n) is 3.53. The Bertz CT molecular complexity index is 1110. The van der Waals surface area contributed by atoms with Gasteiger partial charge in [0, 0.05) is 0 Å². The van der Waals surface area contributed by atoms with E-state index in [1.54, 1.807) is 0 Å².